The highest BCUT2D eigenvalue weighted by Gasteiger charge is 2.25. The van der Waals surface area contributed by atoms with Crippen molar-refractivity contribution >= 4 is 33.1 Å². The monoisotopic (exact) mass is 439 g/mol. The van der Waals surface area contributed by atoms with Crippen LogP contribution in [0.15, 0.2) is 23.1 Å². The Morgan fingerprint density at radius 1 is 1.30 bits per heavy atom. The van der Waals surface area contributed by atoms with Gasteiger partial charge in [-0.25, -0.2) is 22.5 Å². The van der Waals surface area contributed by atoms with E-state index < -0.39 is 21.7 Å². The summed E-state index contributed by atoms with van der Waals surface area (Å²) in [4.78, 5) is 16.2. The normalized spacial score (nSPS) is 13.6. The van der Waals surface area contributed by atoms with E-state index in [1.165, 1.54) is 18.4 Å². The highest BCUT2D eigenvalue weighted by atomic mass is 32.2. The number of para-hydroxylation sites is 1. The number of benzene rings is 1. The van der Waals surface area contributed by atoms with Gasteiger partial charge in [-0.05, 0) is 59.1 Å². The lowest BCUT2D eigenvalue weighted by atomic mass is 10.1. The first kappa shape index (κ1) is 23.9. The van der Waals surface area contributed by atoms with Gasteiger partial charge in [0.15, 0.2) is 0 Å². The summed E-state index contributed by atoms with van der Waals surface area (Å²) in [5.74, 6) is 0.283. The Labute approximate surface area is 178 Å². The van der Waals surface area contributed by atoms with Crippen LogP contribution >= 0.6 is 0 Å². The minimum Gasteiger partial charge on any atom is -0.444 e. The Bertz CT molecular complexity index is 993. The maximum Gasteiger partial charge on any atom is 0.407 e. The van der Waals surface area contributed by atoms with Crippen molar-refractivity contribution in [3.63, 3.8) is 0 Å². The van der Waals surface area contributed by atoms with E-state index in [4.69, 9.17) is 10.5 Å². The van der Waals surface area contributed by atoms with Crippen LogP contribution in [0.1, 0.15) is 53.0 Å². The molecule has 3 N–H and O–H groups in total. The molecule has 0 aliphatic carbocycles. The number of carbonyl (C=O) groups is 1. The second kappa shape index (κ2) is 9.22. The summed E-state index contributed by atoms with van der Waals surface area (Å²) in [6.07, 6.45) is 1.90. The molecular weight excluding hydrogens is 406 g/mol. The van der Waals surface area contributed by atoms with Crippen molar-refractivity contribution in [1.29, 1.82) is 0 Å². The number of sulfonamides is 1. The number of nitrogens with one attached hydrogen (secondary N) is 1. The number of anilines is 1. The van der Waals surface area contributed by atoms with Gasteiger partial charge in [-0.2, -0.15) is 0 Å². The minimum atomic E-state index is -3.64. The Balaban J connectivity index is 2.10. The molecule has 1 heterocycles. The van der Waals surface area contributed by atoms with Crippen LogP contribution < -0.4 is 11.1 Å². The number of nitrogen functional groups attached to an aromatic ring is 1. The maximum atomic E-state index is 12.8. The fraction of sp³-hybridized carbons (Fsp3) is 0.600. The van der Waals surface area contributed by atoms with E-state index in [-0.39, 0.29) is 16.9 Å². The number of alkyl carbamates (subject to hydrolysis) is 1. The summed E-state index contributed by atoms with van der Waals surface area (Å²) in [6.45, 7) is 7.94. The number of hydrogen-bond acceptors (Lipinski definition) is 6. The first-order valence-electron chi connectivity index (χ1n) is 10.0. The molecule has 1 amide bonds. The van der Waals surface area contributed by atoms with Crippen molar-refractivity contribution < 1.29 is 17.9 Å². The number of aromatic nitrogens is 2. The molecule has 0 bridgehead atoms. The molecule has 1 atom stereocenters. The molecule has 10 heteroatoms. The molecule has 30 heavy (non-hydrogen) atoms. The van der Waals surface area contributed by atoms with Crippen molar-refractivity contribution in [1.82, 2.24) is 19.2 Å². The first-order chi connectivity index (χ1) is 13.8. The molecule has 0 fully saturated rings. The lowest BCUT2D eigenvalue weighted by Gasteiger charge is -2.20. The Morgan fingerprint density at radius 3 is 2.57 bits per heavy atom. The van der Waals surface area contributed by atoms with E-state index in [1.54, 1.807) is 22.8 Å². The van der Waals surface area contributed by atoms with Gasteiger partial charge >= 0.3 is 6.09 Å². The Hall–Kier alpha value is -2.33. The minimum absolute atomic E-state index is 0.0601. The predicted molar refractivity (Wildman–Crippen MR) is 118 cm³/mol. The smallest absolute Gasteiger partial charge is 0.407 e. The largest absolute Gasteiger partial charge is 0.444 e. The number of imidazole rings is 1. The van der Waals surface area contributed by atoms with Crippen molar-refractivity contribution in [2.45, 2.75) is 63.5 Å². The van der Waals surface area contributed by atoms with Crippen LogP contribution in [0.25, 0.3) is 11.0 Å². The zero-order valence-corrected chi connectivity index (χ0v) is 19.4. The van der Waals surface area contributed by atoms with E-state index in [2.05, 4.69) is 10.3 Å². The van der Waals surface area contributed by atoms with E-state index in [0.717, 1.165) is 19.3 Å². The van der Waals surface area contributed by atoms with E-state index in [9.17, 15) is 13.2 Å². The van der Waals surface area contributed by atoms with Gasteiger partial charge in [0, 0.05) is 26.7 Å². The first-order valence-corrected chi connectivity index (χ1v) is 11.4. The average Bonchev–Trinajstić information content (AvgIpc) is 2.95. The fourth-order valence-corrected chi connectivity index (χ4v) is 4.28. The van der Waals surface area contributed by atoms with Crippen LogP contribution in [0.5, 0.6) is 0 Å². The molecule has 168 valence electrons. The second-order valence-corrected chi connectivity index (χ2v) is 10.6. The van der Waals surface area contributed by atoms with E-state index in [1.807, 2.05) is 27.7 Å². The maximum absolute atomic E-state index is 12.8. The third-order valence-corrected chi connectivity index (χ3v) is 6.46. The van der Waals surface area contributed by atoms with Crippen molar-refractivity contribution in [3.8, 4) is 0 Å². The fourth-order valence-electron chi connectivity index (χ4n) is 3.18. The van der Waals surface area contributed by atoms with Crippen LogP contribution in [0.3, 0.4) is 0 Å². The molecule has 2 aromatic rings. The van der Waals surface area contributed by atoms with Gasteiger partial charge < -0.3 is 20.4 Å². The summed E-state index contributed by atoms with van der Waals surface area (Å²) in [7, 11) is -0.646. The molecule has 0 radical (unpaired) electrons. The summed E-state index contributed by atoms with van der Waals surface area (Å²) in [6, 6.07) is 4.94. The highest BCUT2D eigenvalue weighted by Crippen LogP contribution is 2.31. The van der Waals surface area contributed by atoms with Gasteiger partial charge in [-0.1, -0.05) is 6.07 Å². The van der Waals surface area contributed by atoms with Gasteiger partial charge in [0.1, 0.15) is 10.5 Å². The van der Waals surface area contributed by atoms with Crippen LogP contribution in [0.2, 0.25) is 0 Å². The summed E-state index contributed by atoms with van der Waals surface area (Å²) < 4.78 is 33.7. The number of ether oxygens (including phenoxy) is 1. The Kier molecular flexibility index (Phi) is 7.36. The number of hydrogen-bond donors (Lipinski definition) is 2. The molecule has 1 aromatic heterocycles. The number of carbonyl (C=O) groups excluding carboxylic acids is 1. The molecule has 0 aliphatic heterocycles. The Morgan fingerprint density at radius 2 is 1.97 bits per heavy atom. The molecule has 0 saturated carbocycles. The molecule has 0 saturated heterocycles. The van der Waals surface area contributed by atoms with Gasteiger partial charge in [-0.3, -0.25) is 0 Å². The van der Waals surface area contributed by atoms with Gasteiger partial charge in [0.2, 0.25) is 16.0 Å². The number of unbranched alkanes of at least 4 members (excludes halogenated alkanes) is 1. The number of nitrogens with two attached hydrogens (primary N) is 1. The van der Waals surface area contributed by atoms with Crippen LogP contribution in [-0.4, -0.2) is 54.6 Å². The molecular formula is C20H33N5O4S. The lowest BCUT2D eigenvalue weighted by molar-refractivity contribution is 0.0527. The lowest BCUT2D eigenvalue weighted by Crippen LogP contribution is -2.33. The summed E-state index contributed by atoms with van der Waals surface area (Å²) in [5, 5.41) is 2.74. The molecule has 9 nitrogen and oxygen atoms in total. The van der Waals surface area contributed by atoms with Crippen LogP contribution in [0.4, 0.5) is 10.7 Å². The molecule has 0 aliphatic rings. The molecule has 0 spiro atoms. The quantitative estimate of drug-likeness (QED) is 0.610. The SMILES string of the molecule is C[C@H](CCCCNC(=O)OC(C)(C)C)n1c(N)nc2cccc(S(=O)(=O)N(C)C)c21. The predicted octanol–water partition coefficient (Wildman–Crippen LogP) is 3.12. The second-order valence-electron chi connectivity index (χ2n) is 8.52. The standard InChI is InChI=1S/C20H33N5O4S/c1-14(10-7-8-13-22-19(26)29-20(2,3)4)25-17-15(23-18(25)21)11-9-12-16(17)30(27,28)24(5)6/h9,11-12,14H,7-8,10,13H2,1-6H3,(H2,21,23)(H,22,26)/t14-/m1/s1. The summed E-state index contributed by atoms with van der Waals surface area (Å²) >= 11 is 0. The van der Waals surface area contributed by atoms with Gasteiger partial charge in [0.05, 0.1) is 11.0 Å². The number of nitrogens with zero attached hydrogens (tertiary/aromatic N) is 3. The van der Waals surface area contributed by atoms with Gasteiger partial charge in [-0.15, -0.1) is 0 Å². The van der Waals surface area contributed by atoms with Crippen LogP contribution in [-0.2, 0) is 14.8 Å². The average molecular weight is 440 g/mol. The zero-order valence-electron chi connectivity index (χ0n) is 18.6. The van der Waals surface area contributed by atoms with Gasteiger partial charge in [0.25, 0.3) is 0 Å². The summed E-state index contributed by atoms with van der Waals surface area (Å²) in [5.41, 5.74) is 6.68. The van der Waals surface area contributed by atoms with Crippen molar-refractivity contribution in [2.75, 3.05) is 26.4 Å². The molecule has 2 rings (SSSR count). The third kappa shape index (κ3) is 5.63. The van der Waals surface area contributed by atoms with Crippen LogP contribution in [0, 0.1) is 0 Å². The van der Waals surface area contributed by atoms with Crippen molar-refractivity contribution in [2.24, 2.45) is 0 Å². The number of amides is 1. The number of fused-ring (bicyclic) bond motifs is 1. The highest BCUT2D eigenvalue weighted by molar-refractivity contribution is 7.89. The number of rotatable bonds is 8. The zero-order chi connectivity index (χ0) is 22.7. The molecule has 0 unspecified atom stereocenters. The van der Waals surface area contributed by atoms with E-state index >= 15 is 0 Å². The topological polar surface area (TPSA) is 120 Å². The van der Waals surface area contributed by atoms with Crippen molar-refractivity contribution in [3.05, 3.63) is 18.2 Å². The van der Waals surface area contributed by atoms with E-state index in [0.29, 0.717) is 17.6 Å². The molecule has 1 aromatic carbocycles. The third-order valence-electron chi connectivity index (χ3n) is 4.62.